The summed E-state index contributed by atoms with van der Waals surface area (Å²) < 4.78 is 33.3. The Labute approximate surface area is 191 Å². The number of carbonyl (C=O) groups excluding carboxylic acids is 1. The van der Waals surface area contributed by atoms with Gasteiger partial charge in [-0.2, -0.15) is 0 Å². The third-order valence-electron chi connectivity index (χ3n) is 4.47. The molecule has 3 aromatic rings. The Balaban J connectivity index is 1.70. The molecule has 3 rings (SSSR count). The van der Waals surface area contributed by atoms with Crippen molar-refractivity contribution in [1.82, 2.24) is 0 Å². The van der Waals surface area contributed by atoms with Gasteiger partial charge >= 0.3 is 0 Å². The Morgan fingerprint density at radius 1 is 0.935 bits per heavy atom. The van der Waals surface area contributed by atoms with Crippen LogP contribution in [0.4, 0.5) is 11.4 Å². The van der Waals surface area contributed by atoms with Gasteiger partial charge in [0, 0.05) is 10.7 Å². The van der Waals surface area contributed by atoms with Gasteiger partial charge in [-0.05, 0) is 79.6 Å². The van der Waals surface area contributed by atoms with Gasteiger partial charge in [-0.3, -0.25) is 9.52 Å². The normalized spacial score (nSPS) is 11.1. The summed E-state index contributed by atoms with van der Waals surface area (Å²) in [5.74, 6) is 0.0909. The van der Waals surface area contributed by atoms with E-state index in [1.54, 1.807) is 30.3 Å². The fourth-order valence-electron chi connectivity index (χ4n) is 2.64. The van der Waals surface area contributed by atoms with E-state index in [9.17, 15) is 13.2 Å². The molecule has 0 atom stereocenters. The van der Waals surface area contributed by atoms with Gasteiger partial charge in [0.2, 0.25) is 0 Å². The lowest BCUT2D eigenvalue weighted by Crippen LogP contribution is -2.21. The number of sulfonamides is 1. The van der Waals surface area contributed by atoms with E-state index in [-0.39, 0.29) is 22.2 Å². The Morgan fingerprint density at radius 3 is 2.32 bits per heavy atom. The third kappa shape index (κ3) is 6.13. The van der Waals surface area contributed by atoms with Gasteiger partial charge in [0.25, 0.3) is 15.9 Å². The fourth-order valence-corrected chi connectivity index (χ4v) is 4.01. The van der Waals surface area contributed by atoms with E-state index in [1.165, 1.54) is 18.2 Å². The molecule has 2 N–H and O–H groups in total. The maximum Gasteiger partial charge on any atom is 0.262 e. The molecule has 0 aliphatic heterocycles. The molecular formula is C22H20Cl2N2O4S. The Hall–Kier alpha value is -2.74. The summed E-state index contributed by atoms with van der Waals surface area (Å²) in [6, 6.07) is 15.8. The van der Waals surface area contributed by atoms with Gasteiger partial charge < -0.3 is 10.1 Å². The molecular weight excluding hydrogens is 459 g/mol. The van der Waals surface area contributed by atoms with Crippen LogP contribution in [0, 0.1) is 13.8 Å². The van der Waals surface area contributed by atoms with E-state index >= 15 is 0 Å². The molecule has 0 aromatic heterocycles. The van der Waals surface area contributed by atoms with Gasteiger partial charge in [0.05, 0.1) is 15.6 Å². The molecule has 0 saturated carbocycles. The molecule has 0 aliphatic rings. The highest BCUT2D eigenvalue weighted by molar-refractivity contribution is 7.92. The second-order valence-corrected chi connectivity index (χ2v) is 9.36. The zero-order valence-electron chi connectivity index (χ0n) is 16.8. The molecule has 6 nitrogen and oxygen atoms in total. The first-order valence-corrected chi connectivity index (χ1v) is 11.5. The lowest BCUT2D eigenvalue weighted by atomic mass is 10.1. The molecule has 0 heterocycles. The molecule has 0 aliphatic carbocycles. The molecule has 3 aromatic carbocycles. The molecule has 0 fully saturated rings. The predicted octanol–water partition coefficient (Wildman–Crippen LogP) is 5.43. The van der Waals surface area contributed by atoms with Crippen LogP contribution >= 0.6 is 23.2 Å². The van der Waals surface area contributed by atoms with Crippen LogP contribution in [0.15, 0.2) is 65.6 Å². The van der Waals surface area contributed by atoms with E-state index in [0.717, 1.165) is 11.1 Å². The molecule has 1 amide bonds. The van der Waals surface area contributed by atoms with Crippen molar-refractivity contribution >= 4 is 50.5 Å². The topological polar surface area (TPSA) is 84.5 Å². The molecule has 0 bridgehead atoms. The van der Waals surface area contributed by atoms with Gasteiger partial charge in [-0.1, -0.05) is 29.3 Å². The number of hydrogen-bond donors (Lipinski definition) is 2. The number of hydrogen-bond acceptors (Lipinski definition) is 4. The summed E-state index contributed by atoms with van der Waals surface area (Å²) >= 11 is 12.0. The van der Waals surface area contributed by atoms with Crippen LogP contribution in [0.2, 0.25) is 10.0 Å². The van der Waals surface area contributed by atoms with Gasteiger partial charge in [0.15, 0.2) is 6.61 Å². The van der Waals surface area contributed by atoms with Crippen molar-refractivity contribution in [2.75, 3.05) is 16.6 Å². The molecule has 0 unspecified atom stereocenters. The number of nitrogens with one attached hydrogen (secondary N) is 2. The zero-order valence-corrected chi connectivity index (χ0v) is 19.1. The first kappa shape index (κ1) is 22.9. The highest BCUT2D eigenvalue weighted by Gasteiger charge is 2.17. The van der Waals surface area contributed by atoms with Crippen molar-refractivity contribution in [3.63, 3.8) is 0 Å². The van der Waals surface area contributed by atoms with Crippen LogP contribution in [0.3, 0.4) is 0 Å². The largest absolute Gasteiger partial charge is 0.484 e. The van der Waals surface area contributed by atoms with Crippen LogP contribution in [0.25, 0.3) is 0 Å². The van der Waals surface area contributed by atoms with E-state index in [4.69, 9.17) is 27.9 Å². The molecule has 0 radical (unpaired) electrons. The van der Waals surface area contributed by atoms with Crippen LogP contribution in [-0.2, 0) is 14.8 Å². The average Bonchev–Trinajstić information content (AvgIpc) is 2.72. The van der Waals surface area contributed by atoms with Crippen LogP contribution in [0.5, 0.6) is 5.75 Å². The first-order chi connectivity index (χ1) is 14.6. The lowest BCUT2D eigenvalue weighted by molar-refractivity contribution is -0.118. The SMILES string of the molecule is Cc1ccc(OCC(=O)Nc2cc(S(=O)(=O)Nc3ccc(Cl)cc3)ccc2Cl)cc1C. The van der Waals surface area contributed by atoms with E-state index in [2.05, 4.69) is 10.0 Å². The molecule has 0 spiro atoms. The number of carbonyl (C=O) groups is 1. The maximum atomic E-state index is 12.7. The van der Waals surface area contributed by atoms with Crippen molar-refractivity contribution in [3.05, 3.63) is 81.8 Å². The summed E-state index contributed by atoms with van der Waals surface area (Å²) in [5, 5.41) is 3.27. The van der Waals surface area contributed by atoms with E-state index in [1.807, 2.05) is 26.0 Å². The summed E-state index contributed by atoms with van der Waals surface area (Å²) in [6.07, 6.45) is 0. The van der Waals surface area contributed by atoms with Gasteiger partial charge in [-0.15, -0.1) is 0 Å². The highest BCUT2D eigenvalue weighted by Crippen LogP contribution is 2.27. The molecule has 9 heteroatoms. The summed E-state index contributed by atoms with van der Waals surface area (Å²) in [4.78, 5) is 12.2. The predicted molar refractivity (Wildman–Crippen MR) is 124 cm³/mol. The van der Waals surface area contributed by atoms with Crippen molar-refractivity contribution in [2.24, 2.45) is 0 Å². The maximum absolute atomic E-state index is 12.7. The Kier molecular flexibility index (Phi) is 7.10. The number of anilines is 2. The van der Waals surface area contributed by atoms with Crippen molar-refractivity contribution in [2.45, 2.75) is 18.7 Å². The number of ether oxygens (including phenoxy) is 1. The fraction of sp³-hybridized carbons (Fsp3) is 0.136. The minimum atomic E-state index is -3.90. The van der Waals surface area contributed by atoms with Crippen LogP contribution in [-0.4, -0.2) is 20.9 Å². The standard InChI is InChI=1S/C22H20Cl2N2O4S/c1-14-3-8-18(11-15(14)2)30-13-22(27)25-21-12-19(9-10-20(21)24)31(28,29)26-17-6-4-16(23)5-7-17/h3-12,26H,13H2,1-2H3,(H,25,27). The highest BCUT2D eigenvalue weighted by atomic mass is 35.5. The molecule has 162 valence electrons. The van der Waals surface area contributed by atoms with Crippen molar-refractivity contribution in [3.8, 4) is 5.75 Å². The summed E-state index contributed by atoms with van der Waals surface area (Å²) in [6.45, 7) is 3.68. The zero-order chi connectivity index (χ0) is 22.6. The number of benzene rings is 3. The molecule has 31 heavy (non-hydrogen) atoms. The Morgan fingerprint density at radius 2 is 1.65 bits per heavy atom. The monoisotopic (exact) mass is 478 g/mol. The number of halogens is 2. The van der Waals surface area contributed by atoms with Gasteiger partial charge in [-0.25, -0.2) is 8.42 Å². The Bertz CT molecular complexity index is 1210. The van der Waals surface area contributed by atoms with Crippen LogP contribution < -0.4 is 14.8 Å². The van der Waals surface area contributed by atoms with Crippen LogP contribution in [0.1, 0.15) is 11.1 Å². The summed E-state index contributed by atoms with van der Waals surface area (Å²) in [7, 11) is -3.90. The average molecular weight is 479 g/mol. The first-order valence-electron chi connectivity index (χ1n) is 9.22. The second-order valence-electron chi connectivity index (χ2n) is 6.84. The molecule has 0 saturated heterocycles. The number of amides is 1. The van der Waals surface area contributed by atoms with E-state index in [0.29, 0.717) is 16.5 Å². The quantitative estimate of drug-likeness (QED) is 0.474. The smallest absolute Gasteiger partial charge is 0.262 e. The summed E-state index contributed by atoms with van der Waals surface area (Å²) in [5.41, 5.74) is 2.68. The van der Waals surface area contributed by atoms with Gasteiger partial charge in [0.1, 0.15) is 5.75 Å². The number of rotatable bonds is 7. The van der Waals surface area contributed by atoms with Crippen molar-refractivity contribution in [1.29, 1.82) is 0 Å². The second kappa shape index (κ2) is 9.60. The van der Waals surface area contributed by atoms with E-state index < -0.39 is 15.9 Å². The van der Waals surface area contributed by atoms with Crippen molar-refractivity contribution < 1.29 is 17.9 Å². The number of aryl methyl sites for hydroxylation is 2. The third-order valence-corrected chi connectivity index (χ3v) is 6.43. The lowest BCUT2D eigenvalue weighted by Gasteiger charge is -2.12. The minimum Gasteiger partial charge on any atom is -0.484 e. The minimum absolute atomic E-state index is 0.0581.